The maximum atomic E-state index is 12.1. The van der Waals surface area contributed by atoms with Crippen LogP contribution < -0.4 is 0 Å². The Morgan fingerprint density at radius 3 is 2.67 bits per heavy atom. The molecule has 0 aromatic rings. The zero-order valence-electron chi connectivity index (χ0n) is 10.4. The number of carboxylic acids is 1. The lowest BCUT2D eigenvalue weighted by molar-refractivity contribution is -0.137. The molecule has 2 N–H and O–H groups in total. The van der Waals surface area contributed by atoms with Gasteiger partial charge in [-0.25, -0.2) is 8.42 Å². The van der Waals surface area contributed by atoms with Crippen LogP contribution in [-0.2, 0) is 14.8 Å². The van der Waals surface area contributed by atoms with Crippen molar-refractivity contribution in [3.05, 3.63) is 0 Å². The van der Waals surface area contributed by atoms with E-state index in [1.807, 2.05) is 0 Å². The fraction of sp³-hybridized carbons (Fsp3) is 0.909. The molecule has 1 aliphatic rings. The smallest absolute Gasteiger partial charge is 0.303 e. The summed E-state index contributed by atoms with van der Waals surface area (Å²) in [6, 6.07) is -0.126. The van der Waals surface area contributed by atoms with Crippen molar-refractivity contribution in [1.29, 1.82) is 0 Å². The van der Waals surface area contributed by atoms with E-state index in [2.05, 4.69) is 0 Å². The van der Waals surface area contributed by atoms with E-state index in [0.29, 0.717) is 13.0 Å². The van der Waals surface area contributed by atoms with E-state index >= 15 is 0 Å². The third-order valence-electron chi connectivity index (χ3n) is 3.19. The zero-order chi connectivity index (χ0) is 13.6. The van der Waals surface area contributed by atoms with E-state index in [9.17, 15) is 13.2 Å². The lowest BCUT2D eigenvalue weighted by Crippen LogP contribution is -2.45. The third-order valence-corrected chi connectivity index (χ3v) is 5.19. The number of hydrogen-bond donors (Lipinski definition) is 2. The van der Waals surface area contributed by atoms with Crippen molar-refractivity contribution in [1.82, 2.24) is 4.31 Å². The topological polar surface area (TPSA) is 94.9 Å². The summed E-state index contributed by atoms with van der Waals surface area (Å²) in [5.41, 5.74) is 0. The van der Waals surface area contributed by atoms with Crippen molar-refractivity contribution in [2.24, 2.45) is 0 Å². The summed E-state index contributed by atoms with van der Waals surface area (Å²) in [6.45, 7) is 0.464. The summed E-state index contributed by atoms with van der Waals surface area (Å²) in [5, 5.41) is 17.5. The second-order valence-electron chi connectivity index (χ2n) is 4.59. The molecule has 1 saturated heterocycles. The van der Waals surface area contributed by atoms with E-state index < -0.39 is 16.0 Å². The van der Waals surface area contributed by atoms with Crippen LogP contribution in [0.25, 0.3) is 0 Å². The Labute approximate surface area is 108 Å². The first-order chi connectivity index (χ1) is 8.47. The van der Waals surface area contributed by atoms with Gasteiger partial charge in [-0.2, -0.15) is 4.31 Å². The number of carbonyl (C=O) groups is 1. The molecule has 0 saturated carbocycles. The average Bonchev–Trinajstić information content (AvgIpc) is 2.29. The molecule has 0 aromatic carbocycles. The van der Waals surface area contributed by atoms with Gasteiger partial charge in [-0.15, -0.1) is 0 Å². The number of carboxylic acid groups (broad SMARTS) is 1. The number of aliphatic carboxylic acids is 1. The van der Waals surface area contributed by atoms with Gasteiger partial charge in [0.1, 0.15) is 0 Å². The SMILES string of the molecule is O=C(O)CCCS(=O)(=O)N1CCCCC1CCO. The van der Waals surface area contributed by atoms with Crippen molar-refractivity contribution in [2.75, 3.05) is 18.9 Å². The molecule has 0 radical (unpaired) electrons. The Morgan fingerprint density at radius 1 is 1.33 bits per heavy atom. The molecule has 106 valence electrons. The molecule has 0 bridgehead atoms. The summed E-state index contributed by atoms with van der Waals surface area (Å²) in [7, 11) is -3.39. The molecule has 1 unspecified atom stereocenters. The first kappa shape index (κ1) is 15.4. The number of rotatable bonds is 7. The van der Waals surface area contributed by atoms with Crippen molar-refractivity contribution in [3.63, 3.8) is 0 Å². The number of hydrogen-bond acceptors (Lipinski definition) is 4. The molecule has 0 aliphatic carbocycles. The van der Waals surface area contributed by atoms with Gasteiger partial charge in [0.25, 0.3) is 0 Å². The summed E-state index contributed by atoms with van der Waals surface area (Å²) in [6.07, 6.45) is 3.06. The Bertz CT molecular complexity index is 366. The fourth-order valence-corrected chi connectivity index (χ4v) is 4.12. The van der Waals surface area contributed by atoms with Crippen molar-refractivity contribution >= 4 is 16.0 Å². The van der Waals surface area contributed by atoms with Gasteiger partial charge in [-0.1, -0.05) is 6.42 Å². The van der Waals surface area contributed by atoms with Gasteiger partial charge in [0.2, 0.25) is 10.0 Å². The van der Waals surface area contributed by atoms with Crippen molar-refractivity contribution < 1.29 is 23.4 Å². The minimum atomic E-state index is -3.39. The predicted molar refractivity (Wildman–Crippen MR) is 66.7 cm³/mol. The van der Waals surface area contributed by atoms with Crippen LogP contribution in [0, 0.1) is 0 Å². The molecular weight excluding hydrogens is 258 g/mol. The van der Waals surface area contributed by atoms with Crippen LogP contribution >= 0.6 is 0 Å². The van der Waals surface area contributed by atoms with E-state index in [-0.39, 0.29) is 31.2 Å². The third kappa shape index (κ3) is 4.55. The standard InChI is InChI=1S/C11H21NO5S/c13-8-6-10-4-1-2-7-12(10)18(16,17)9-3-5-11(14)15/h10,13H,1-9H2,(H,14,15). The van der Waals surface area contributed by atoms with Crippen LogP contribution in [0.15, 0.2) is 0 Å². The molecule has 6 nitrogen and oxygen atoms in total. The highest BCUT2D eigenvalue weighted by Gasteiger charge is 2.31. The molecule has 1 rings (SSSR count). The Kier molecular flexibility index (Phi) is 6.04. The molecule has 0 amide bonds. The Balaban J connectivity index is 2.59. The molecule has 1 aliphatic heterocycles. The summed E-state index contributed by atoms with van der Waals surface area (Å²) >= 11 is 0. The highest BCUT2D eigenvalue weighted by molar-refractivity contribution is 7.89. The molecule has 0 aromatic heterocycles. The monoisotopic (exact) mass is 279 g/mol. The minimum Gasteiger partial charge on any atom is -0.481 e. The second-order valence-corrected chi connectivity index (χ2v) is 6.63. The molecule has 1 atom stereocenters. The van der Waals surface area contributed by atoms with Crippen LogP contribution in [0.1, 0.15) is 38.5 Å². The maximum Gasteiger partial charge on any atom is 0.303 e. The predicted octanol–water partition coefficient (Wildman–Crippen LogP) is 0.418. The van der Waals surface area contributed by atoms with Gasteiger partial charge < -0.3 is 10.2 Å². The average molecular weight is 279 g/mol. The first-order valence-electron chi connectivity index (χ1n) is 6.29. The van der Waals surface area contributed by atoms with Gasteiger partial charge in [-0.3, -0.25) is 4.79 Å². The lowest BCUT2D eigenvalue weighted by atomic mass is 10.0. The van der Waals surface area contributed by atoms with Gasteiger partial charge in [0, 0.05) is 25.6 Å². The number of sulfonamides is 1. The maximum absolute atomic E-state index is 12.1. The summed E-state index contributed by atoms with van der Waals surface area (Å²) in [4.78, 5) is 10.4. The molecule has 18 heavy (non-hydrogen) atoms. The normalized spacial score (nSPS) is 21.9. The van der Waals surface area contributed by atoms with Crippen LogP contribution in [-0.4, -0.2) is 53.9 Å². The molecule has 7 heteroatoms. The van der Waals surface area contributed by atoms with Crippen LogP contribution in [0.2, 0.25) is 0 Å². The number of aliphatic hydroxyl groups is 1. The first-order valence-corrected chi connectivity index (χ1v) is 7.90. The zero-order valence-corrected chi connectivity index (χ0v) is 11.2. The Hall–Kier alpha value is -0.660. The summed E-state index contributed by atoms with van der Waals surface area (Å²) < 4.78 is 25.7. The summed E-state index contributed by atoms with van der Waals surface area (Å²) in [5.74, 6) is -1.10. The van der Waals surface area contributed by atoms with Crippen LogP contribution in [0.5, 0.6) is 0 Å². The van der Waals surface area contributed by atoms with Crippen molar-refractivity contribution in [3.8, 4) is 0 Å². The van der Waals surface area contributed by atoms with E-state index in [1.54, 1.807) is 0 Å². The van der Waals surface area contributed by atoms with Gasteiger partial charge in [-0.05, 0) is 25.7 Å². The highest BCUT2D eigenvalue weighted by Crippen LogP contribution is 2.23. The van der Waals surface area contributed by atoms with Gasteiger partial charge in [0.15, 0.2) is 0 Å². The number of aliphatic hydroxyl groups excluding tert-OH is 1. The number of piperidine rings is 1. The lowest BCUT2D eigenvalue weighted by Gasteiger charge is -2.34. The number of nitrogens with zero attached hydrogens (tertiary/aromatic N) is 1. The van der Waals surface area contributed by atoms with E-state index in [0.717, 1.165) is 19.3 Å². The van der Waals surface area contributed by atoms with Crippen LogP contribution in [0.4, 0.5) is 0 Å². The molecule has 0 spiro atoms. The molecular formula is C11H21NO5S. The van der Waals surface area contributed by atoms with Gasteiger partial charge in [0.05, 0.1) is 5.75 Å². The van der Waals surface area contributed by atoms with Crippen LogP contribution in [0.3, 0.4) is 0 Å². The quantitative estimate of drug-likeness (QED) is 0.704. The Morgan fingerprint density at radius 2 is 2.06 bits per heavy atom. The minimum absolute atomic E-state index is 0.0220. The fourth-order valence-electron chi connectivity index (χ4n) is 2.30. The second kappa shape index (κ2) is 7.06. The molecule has 1 fully saturated rings. The molecule has 1 heterocycles. The van der Waals surface area contributed by atoms with E-state index in [4.69, 9.17) is 10.2 Å². The largest absolute Gasteiger partial charge is 0.481 e. The van der Waals surface area contributed by atoms with Gasteiger partial charge >= 0.3 is 5.97 Å². The van der Waals surface area contributed by atoms with Crippen molar-refractivity contribution in [2.45, 2.75) is 44.6 Å². The van der Waals surface area contributed by atoms with E-state index in [1.165, 1.54) is 4.31 Å². The highest BCUT2D eigenvalue weighted by atomic mass is 32.2.